The first-order valence-corrected chi connectivity index (χ1v) is 3.87. The van der Waals surface area contributed by atoms with Crippen LogP contribution >= 0.6 is 0 Å². The molecule has 0 rings (SSSR count). The molecule has 0 aliphatic heterocycles. The molecular formula is C7H11F5O2. The van der Waals surface area contributed by atoms with Crippen molar-refractivity contribution >= 4 is 0 Å². The van der Waals surface area contributed by atoms with Gasteiger partial charge in [-0.2, -0.15) is 0 Å². The molecule has 0 radical (unpaired) electrons. The number of halogens is 5. The summed E-state index contributed by atoms with van der Waals surface area (Å²) in [5, 5.41) is 16.2. The maximum Gasteiger partial charge on any atom is 0.168 e. The lowest BCUT2D eigenvalue weighted by molar-refractivity contribution is -0.0230. The maximum atomic E-state index is 12.6. The Kier molecular flexibility index (Phi) is 5.94. The van der Waals surface area contributed by atoms with Crippen molar-refractivity contribution in [2.45, 2.75) is 30.9 Å². The Morgan fingerprint density at radius 2 is 0.929 bits per heavy atom. The average Bonchev–Trinajstić information content (AvgIpc) is 2.23. The summed E-state index contributed by atoms with van der Waals surface area (Å²) in [6, 6.07) is 0. The first kappa shape index (κ1) is 13.6. The number of hydrogen-bond donors (Lipinski definition) is 2. The zero-order chi connectivity index (χ0) is 11.3. The molecule has 0 aromatic heterocycles. The molecule has 7 heteroatoms. The summed E-state index contributed by atoms with van der Waals surface area (Å²) < 4.78 is 62.3. The van der Waals surface area contributed by atoms with Crippen molar-refractivity contribution in [1.82, 2.24) is 0 Å². The van der Waals surface area contributed by atoms with E-state index in [0.717, 1.165) is 0 Å². The van der Waals surface area contributed by atoms with E-state index in [-0.39, 0.29) is 0 Å². The van der Waals surface area contributed by atoms with Crippen LogP contribution < -0.4 is 0 Å². The van der Waals surface area contributed by atoms with Gasteiger partial charge in [0.15, 0.2) is 30.9 Å². The van der Waals surface area contributed by atoms with Gasteiger partial charge in [0.05, 0.1) is 13.2 Å². The molecule has 14 heavy (non-hydrogen) atoms. The predicted molar refractivity (Wildman–Crippen MR) is 38.7 cm³/mol. The van der Waals surface area contributed by atoms with E-state index < -0.39 is 44.1 Å². The minimum Gasteiger partial charge on any atom is -0.393 e. The number of aliphatic hydroxyl groups excluding tert-OH is 2. The van der Waals surface area contributed by atoms with Crippen LogP contribution in [0.5, 0.6) is 0 Å². The SMILES string of the molecule is OC[C@H](F)[C@@H](F)C(F)[C@H](F)[C@@H](F)CO. The fourth-order valence-corrected chi connectivity index (χ4v) is 0.776. The van der Waals surface area contributed by atoms with Gasteiger partial charge in [-0.15, -0.1) is 0 Å². The predicted octanol–water partition coefficient (Wildman–Crippen LogP) is 0.661. The van der Waals surface area contributed by atoms with Crippen LogP contribution in [0.15, 0.2) is 0 Å². The zero-order valence-electron chi connectivity index (χ0n) is 7.09. The van der Waals surface area contributed by atoms with Crippen LogP contribution in [0.4, 0.5) is 22.0 Å². The molecule has 4 atom stereocenters. The summed E-state index contributed by atoms with van der Waals surface area (Å²) in [4.78, 5) is 0. The van der Waals surface area contributed by atoms with Gasteiger partial charge >= 0.3 is 0 Å². The quantitative estimate of drug-likeness (QED) is 0.648. The van der Waals surface area contributed by atoms with Gasteiger partial charge in [0.2, 0.25) is 0 Å². The Hall–Kier alpha value is -0.430. The van der Waals surface area contributed by atoms with Crippen LogP contribution in [0, 0.1) is 0 Å². The van der Waals surface area contributed by atoms with Crippen molar-refractivity contribution in [3.63, 3.8) is 0 Å². The molecule has 2 nitrogen and oxygen atoms in total. The number of rotatable bonds is 6. The average molecular weight is 222 g/mol. The van der Waals surface area contributed by atoms with Gasteiger partial charge < -0.3 is 10.2 Å². The van der Waals surface area contributed by atoms with E-state index in [1.54, 1.807) is 0 Å². The van der Waals surface area contributed by atoms with E-state index in [4.69, 9.17) is 10.2 Å². The second-order valence-electron chi connectivity index (χ2n) is 2.73. The molecule has 0 aliphatic rings. The van der Waals surface area contributed by atoms with E-state index in [9.17, 15) is 22.0 Å². The monoisotopic (exact) mass is 222 g/mol. The minimum atomic E-state index is -3.04. The Labute approximate surface area is 77.3 Å². The third-order valence-electron chi connectivity index (χ3n) is 1.65. The molecule has 0 saturated carbocycles. The first-order valence-electron chi connectivity index (χ1n) is 3.87. The van der Waals surface area contributed by atoms with Gasteiger partial charge in [-0.3, -0.25) is 0 Å². The Balaban J connectivity index is 4.22. The summed E-state index contributed by atoms with van der Waals surface area (Å²) in [5.41, 5.74) is 0. The summed E-state index contributed by atoms with van der Waals surface area (Å²) in [5.74, 6) is 0. The lowest BCUT2D eigenvalue weighted by atomic mass is 10.0. The molecule has 0 bridgehead atoms. The lowest BCUT2D eigenvalue weighted by Crippen LogP contribution is -2.41. The van der Waals surface area contributed by atoms with Gasteiger partial charge in [0.25, 0.3) is 0 Å². The Morgan fingerprint density at radius 1 is 0.643 bits per heavy atom. The van der Waals surface area contributed by atoms with Crippen LogP contribution in [0.1, 0.15) is 0 Å². The van der Waals surface area contributed by atoms with Crippen molar-refractivity contribution in [2.75, 3.05) is 13.2 Å². The van der Waals surface area contributed by atoms with Gasteiger partial charge in [-0.25, -0.2) is 22.0 Å². The fraction of sp³-hybridized carbons (Fsp3) is 1.00. The zero-order valence-corrected chi connectivity index (χ0v) is 7.09. The second-order valence-corrected chi connectivity index (χ2v) is 2.73. The van der Waals surface area contributed by atoms with E-state index in [1.165, 1.54) is 0 Å². The summed E-state index contributed by atoms with van der Waals surface area (Å²) in [6.07, 6.45) is -14.1. The summed E-state index contributed by atoms with van der Waals surface area (Å²) in [7, 11) is 0. The normalized spacial score (nSPS) is 20.6. The second kappa shape index (κ2) is 6.13. The lowest BCUT2D eigenvalue weighted by Gasteiger charge is -2.20. The van der Waals surface area contributed by atoms with Crippen LogP contribution in [-0.2, 0) is 0 Å². The summed E-state index contributed by atoms with van der Waals surface area (Å²) in [6.45, 7) is -2.63. The maximum absolute atomic E-state index is 12.6. The topological polar surface area (TPSA) is 40.5 Å². The van der Waals surface area contributed by atoms with Crippen molar-refractivity contribution in [3.05, 3.63) is 0 Å². The van der Waals surface area contributed by atoms with Crippen LogP contribution in [0.3, 0.4) is 0 Å². The highest BCUT2D eigenvalue weighted by atomic mass is 19.2. The van der Waals surface area contributed by atoms with Gasteiger partial charge in [-0.05, 0) is 0 Å². The molecule has 0 aromatic carbocycles. The number of aliphatic hydroxyl groups is 2. The van der Waals surface area contributed by atoms with E-state index >= 15 is 0 Å². The van der Waals surface area contributed by atoms with Gasteiger partial charge in [0, 0.05) is 0 Å². The molecule has 0 aromatic rings. The van der Waals surface area contributed by atoms with Crippen LogP contribution in [0.2, 0.25) is 0 Å². The smallest absolute Gasteiger partial charge is 0.168 e. The molecule has 0 amide bonds. The molecule has 0 spiro atoms. The molecule has 0 heterocycles. The van der Waals surface area contributed by atoms with E-state index in [0.29, 0.717) is 0 Å². The summed E-state index contributed by atoms with van der Waals surface area (Å²) >= 11 is 0. The largest absolute Gasteiger partial charge is 0.393 e. The first-order chi connectivity index (χ1) is 6.45. The minimum absolute atomic E-state index is 1.32. The highest BCUT2D eigenvalue weighted by molar-refractivity contribution is 4.85. The molecule has 0 saturated heterocycles. The van der Waals surface area contributed by atoms with Crippen molar-refractivity contribution in [1.29, 1.82) is 0 Å². The highest BCUT2D eigenvalue weighted by Crippen LogP contribution is 2.20. The molecule has 2 N–H and O–H groups in total. The van der Waals surface area contributed by atoms with Crippen molar-refractivity contribution in [2.24, 2.45) is 0 Å². The van der Waals surface area contributed by atoms with Crippen LogP contribution in [-0.4, -0.2) is 54.3 Å². The van der Waals surface area contributed by atoms with E-state index in [1.807, 2.05) is 0 Å². The van der Waals surface area contributed by atoms with Gasteiger partial charge in [0.1, 0.15) is 0 Å². The molecule has 0 unspecified atom stereocenters. The van der Waals surface area contributed by atoms with Gasteiger partial charge in [-0.1, -0.05) is 0 Å². The third-order valence-corrected chi connectivity index (χ3v) is 1.65. The van der Waals surface area contributed by atoms with E-state index in [2.05, 4.69) is 0 Å². The Bertz CT molecular complexity index is 143. The fourth-order valence-electron chi connectivity index (χ4n) is 0.776. The Morgan fingerprint density at radius 3 is 1.14 bits per heavy atom. The number of hydrogen-bond acceptors (Lipinski definition) is 2. The standard InChI is InChI=1S/C7H11F5O2/c8-3(1-13)5(10)7(12)6(11)4(9)2-14/h3-7,13-14H,1-2H2/t3-,4-,5+,6+/m0/s1. The molecule has 0 aliphatic carbocycles. The highest BCUT2D eigenvalue weighted by Gasteiger charge is 2.39. The number of alkyl halides is 5. The van der Waals surface area contributed by atoms with Crippen LogP contribution in [0.25, 0.3) is 0 Å². The third kappa shape index (κ3) is 3.38. The molecule has 0 fully saturated rings. The van der Waals surface area contributed by atoms with Crippen molar-refractivity contribution < 1.29 is 32.2 Å². The van der Waals surface area contributed by atoms with Crippen molar-refractivity contribution in [3.8, 4) is 0 Å². The molecular weight excluding hydrogens is 211 g/mol. The molecule has 86 valence electrons.